The van der Waals surface area contributed by atoms with Gasteiger partial charge in [-0.25, -0.2) is 0 Å². The molecule has 2 heterocycles. The largest absolute Gasteiger partial charge is 0.497 e. The maximum Gasteiger partial charge on any atom is 0.256 e. The number of carbonyl (C=O) groups excluding carboxylic acids is 2. The van der Waals surface area contributed by atoms with Gasteiger partial charge in [0.1, 0.15) is 5.75 Å². The molecule has 1 N–H and O–H groups in total. The zero-order valence-electron chi connectivity index (χ0n) is 20.3. The van der Waals surface area contributed by atoms with Crippen molar-refractivity contribution in [1.82, 2.24) is 4.98 Å². The van der Waals surface area contributed by atoms with Gasteiger partial charge in [0, 0.05) is 35.4 Å². The number of carbonyl (C=O) groups is 2. The number of amides is 2. The average Bonchev–Trinajstić information content (AvgIpc) is 3.32. The third-order valence-corrected chi connectivity index (χ3v) is 6.41. The summed E-state index contributed by atoms with van der Waals surface area (Å²) in [6, 6.07) is 24.8. The molecular formula is C30H27N3O3. The van der Waals surface area contributed by atoms with Crippen LogP contribution in [-0.4, -0.2) is 30.5 Å². The summed E-state index contributed by atoms with van der Waals surface area (Å²) >= 11 is 0. The SMILES string of the molecule is COc1ccc(-c2cc(C)ccc2C(=O)Nc2ccc3c(c2)CCN3C(=O)Cc2ccccn2)cc1. The molecule has 0 unspecified atom stereocenters. The second-order valence-electron chi connectivity index (χ2n) is 8.87. The molecule has 0 atom stereocenters. The second kappa shape index (κ2) is 10.0. The van der Waals surface area contributed by atoms with E-state index in [-0.39, 0.29) is 18.2 Å². The van der Waals surface area contributed by atoms with Crippen molar-refractivity contribution in [3.05, 3.63) is 107 Å². The molecule has 0 radical (unpaired) electrons. The number of benzene rings is 3. The first-order valence-electron chi connectivity index (χ1n) is 11.9. The number of hydrogen-bond donors (Lipinski definition) is 1. The number of nitrogens with zero attached hydrogens (tertiary/aromatic N) is 2. The molecule has 1 aliphatic heterocycles. The fourth-order valence-corrected chi connectivity index (χ4v) is 4.56. The minimum atomic E-state index is -0.179. The van der Waals surface area contributed by atoms with Gasteiger partial charge in [0.25, 0.3) is 5.91 Å². The number of aryl methyl sites for hydroxylation is 1. The molecule has 180 valence electrons. The summed E-state index contributed by atoms with van der Waals surface area (Å²) in [6.07, 6.45) is 2.71. The van der Waals surface area contributed by atoms with E-state index in [0.717, 1.165) is 45.8 Å². The third kappa shape index (κ3) is 4.84. The zero-order chi connectivity index (χ0) is 25.1. The molecule has 4 aromatic rings. The number of anilines is 2. The number of methoxy groups -OCH3 is 1. The van der Waals surface area contributed by atoms with Crippen LogP contribution in [-0.2, 0) is 17.6 Å². The Labute approximate surface area is 210 Å². The van der Waals surface area contributed by atoms with Gasteiger partial charge in [0.15, 0.2) is 0 Å². The molecule has 0 aliphatic carbocycles. The first kappa shape index (κ1) is 23.3. The van der Waals surface area contributed by atoms with E-state index in [0.29, 0.717) is 17.8 Å². The minimum Gasteiger partial charge on any atom is -0.497 e. The van der Waals surface area contributed by atoms with Crippen LogP contribution in [0.5, 0.6) is 5.75 Å². The highest BCUT2D eigenvalue weighted by atomic mass is 16.5. The lowest BCUT2D eigenvalue weighted by Crippen LogP contribution is -2.30. The Hall–Kier alpha value is -4.45. The lowest BCUT2D eigenvalue weighted by Gasteiger charge is -2.18. The Kier molecular flexibility index (Phi) is 6.50. The van der Waals surface area contributed by atoms with Crippen LogP contribution < -0.4 is 15.0 Å². The zero-order valence-corrected chi connectivity index (χ0v) is 20.3. The molecule has 6 heteroatoms. The molecule has 0 saturated heterocycles. The van der Waals surface area contributed by atoms with Gasteiger partial charge < -0.3 is 15.0 Å². The van der Waals surface area contributed by atoms with Gasteiger partial charge in [0.2, 0.25) is 5.91 Å². The number of pyridine rings is 1. The normalized spacial score (nSPS) is 12.2. The van der Waals surface area contributed by atoms with Gasteiger partial charge in [-0.3, -0.25) is 14.6 Å². The van der Waals surface area contributed by atoms with Crippen LogP contribution in [0.4, 0.5) is 11.4 Å². The third-order valence-electron chi connectivity index (χ3n) is 6.41. The Morgan fingerprint density at radius 3 is 2.58 bits per heavy atom. The van der Waals surface area contributed by atoms with Crippen molar-refractivity contribution in [2.45, 2.75) is 19.8 Å². The van der Waals surface area contributed by atoms with Crippen molar-refractivity contribution in [1.29, 1.82) is 0 Å². The highest BCUT2D eigenvalue weighted by Gasteiger charge is 2.25. The molecule has 36 heavy (non-hydrogen) atoms. The van der Waals surface area contributed by atoms with Crippen LogP contribution in [0.1, 0.15) is 27.2 Å². The van der Waals surface area contributed by atoms with Crippen molar-refractivity contribution in [3.8, 4) is 16.9 Å². The van der Waals surface area contributed by atoms with Crippen LogP contribution >= 0.6 is 0 Å². The summed E-state index contributed by atoms with van der Waals surface area (Å²) in [5.41, 5.74) is 6.88. The van der Waals surface area contributed by atoms with E-state index < -0.39 is 0 Å². The molecule has 2 amide bonds. The van der Waals surface area contributed by atoms with Gasteiger partial charge in [-0.15, -0.1) is 0 Å². The summed E-state index contributed by atoms with van der Waals surface area (Å²) in [5.74, 6) is 0.609. The number of hydrogen-bond acceptors (Lipinski definition) is 4. The van der Waals surface area contributed by atoms with Crippen LogP contribution in [0.25, 0.3) is 11.1 Å². The van der Waals surface area contributed by atoms with E-state index in [1.807, 2.05) is 85.8 Å². The summed E-state index contributed by atoms with van der Waals surface area (Å²) in [4.78, 5) is 32.3. The van der Waals surface area contributed by atoms with Gasteiger partial charge in [0.05, 0.1) is 13.5 Å². The predicted molar refractivity (Wildman–Crippen MR) is 142 cm³/mol. The van der Waals surface area contributed by atoms with Crippen LogP contribution in [0, 0.1) is 6.92 Å². The number of nitrogens with one attached hydrogen (secondary N) is 1. The van der Waals surface area contributed by atoms with E-state index in [1.54, 1.807) is 18.2 Å². The van der Waals surface area contributed by atoms with E-state index in [1.165, 1.54) is 0 Å². The first-order chi connectivity index (χ1) is 17.5. The topological polar surface area (TPSA) is 71.5 Å². The van der Waals surface area contributed by atoms with Crippen molar-refractivity contribution in [3.63, 3.8) is 0 Å². The molecule has 1 aliphatic rings. The van der Waals surface area contributed by atoms with E-state index in [4.69, 9.17) is 4.74 Å². The molecule has 0 saturated carbocycles. The van der Waals surface area contributed by atoms with Gasteiger partial charge in [-0.2, -0.15) is 0 Å². The van der Waals surface area contributed by atoms with E-state index in [9.17, 15) is 9.59 Å². The Morgan fingerprint density at radius 1 is 1.00 bits per heavy atom. The number of aromatic nitrogens is 1. The highest BCUT2D eigenvalue weighted by Crippen LogP contribution is 2.32. The lowest BCUT2D eigenvalue weighted by atomic mass is 9.97. The second-order valence-corrected chi connectivity index (χ2v) is 8.87. The maximum atomic E-state index is 13.3. The van der Waals surface area contributed by atoms with Gasteiger partial charge >= 0.3 is 0 Å². The Morgan fingerprint density at radius 2 is 1.83 bits per heavy atom. The summed E-state index contributed by atoms with van der Waals surface area (Å²) < 4.78 is 5.27. The molecule has 0 bridgehead atoms. The molecule has 5 rings (SSSR count). The standard InChI is InChI=1S/C30H27N3O3/c1-20-6-12-26(27(17-20)21-7-10-25(36-2)11-8-21)30(35)32-24-9-13-28-22(18-24)14-16-33(28)29(34)19-23-5-3-4-15-31-23/h3-13,15,17-18H,14,16,19H2,1-2H3,(H,32,35). The molecule has 6 nitrogen and oxygen atoms in total. The fraction of sp³-hybridized carbons (Fsp3) is 0.167. The summed E-state index contributed by atoms with van der Waals surface area (Å²) in [6.45, 7) is 2.63. The van der Waals surface area contributed by atoms with Gasteiger partial charge in [-0.05, 0) is 78.6 Å². The average molecular weight is 478 g/mol. The molecule has 0 fully saturated rings. The van der Waals surface area contributed by atoms with Crippen LogP contribution in [0.3, 0.4) is 0 Å². The van der Waals surface area contributed by atoms with Gasteiger partial charge in [-0.1, -0.05) is 35.9 Å². The molecular weight excluding hydrogens is 450 g/mol. The first-order valence-corrected chi connectivity index (χ1v) is 11.9. The number of ether oxygens (including phenoxy) is 1. The minimum absolute atomic E-state index is 0.0213. The van der Waals surface area contributed by atoms with Crippen molar-refractivity contribution < 1.29 is 14.3 Å². The monoisotopic (exact) mass is 477 g/mol. The van der Waals surface area contributed by atoms with E-state index >= 15 is 0 Å². The summed E-state index contributed by atoms with van der Waals surface area (Å²) in [7, 11) is 1.63. The number of fused-ring (bicyclic) bond motifs is 1. The number of rotatable bonds is 6. The Balaban J connectivity index is 1.34. The molecule has 0 spiro atoms. The summed E-state index contributed by atoms with van der Waals surface area (Å²) in [5, 5.41) is 3.05. The van der Waals surface area contributed by atoms with Crippen molar-refractivity contribution >= 4 is 23.2 Å². The predicted octanol–water partition coefficient (Wildman–Crippen LogP) is 5.45. The lowest BCUT2D eigenvalue weighted by molar-refractivity contribution is -0.117. The maximum absolute atomic E-state index is 13.3. The van der Waals surface area contributed by atoms with Crippen molar-refractivity contribution in [2.75, 3.05) is 23.9 Å². The quantitative estimate of drug-likeness (QED) is 0.401. The molecule has 3 aromatic carbocycles. The Bertz CT molecular complexity index is 1420. The van der Waals surface area contributed by atoms with Crippen molar-refractivity contribution in [2.24, 2.45) is 0 Å². The van der Waals surface area contributed by atoms with E-state index in [2.05, 4.69) is 10.3 Å². The smallest absolute Gasteiger partial charge is 0.256 e. The van der Waals surface area contributed by atoms with Crippen LogP contribution in [0.2, 0.25) is 0 Å². The van der Waals surface area contributed by atoms with Crippen LogP contribution in [0.15, 0.2) is 85.1 Å². The highest BCUT2D eigenvalue weighted by molar-refractivity contribution is 6.09. The molecule has 1 aromatic heterocycles. The fourth-order valence-electron chi connectivity index (χ4n) is 4.56.